The van der Waals surface area contributed by atoms with E-state index in [1.807, 2.05) is 19.2 Å². The van der Waals surface area contributed by atoms with Gasteiger partial charge in [-0.15, -0.1) is 0 Å². The Morgan fingerprint density at radius 2 is 2.00 bits per heavy atom. The van der Waals surface area contributed by atoms with Crippen LogP contribution in [-0.2, 0) is 11.3 Å². The highest BCUT2D eigenvalue weighted by Crippen LogP contribution is 2.23. The highest BCUT2D eigenvalue weighted by molar-refractivity contribution is 6.30. The second-order valence-corrected chi connectivity index (χ2v) is 7.39. The number of likely N-dealkylation sites (N-methyl/N-ethyl adjacent to an activating group) is 1. The Morgan fingerprint density at radius 3 is 2.69 bits per heavy atom. The molecular formula is C20H24ClN3O2. The average molecular weight is 374 g/mol. The maximum absolute atomic E-state index is 12.8. The molecule has 0 atom stereocenters. The first-order chi connectivity index (χ1) is 12.5. The van der Waals surface area contributed by atoms with E-state index >= 15 is 0 Å². The molecule has 0 aliphatic heterocycles. The number of benzene rings is 1. The number of halogens is 1. The maximum atomic E-state index is 12.8. The summed E-state index contributed by atoms with van der Waals surface area (Å²) >= 11 is 6.09. The largest absolute Gasteiger partial charge is 0.341 e. The first-order valence-electron chi connectivity index (χ1n) is 9.06. The number of aromatic nitrogens is 2. The van der Waals surface area contributed by atoms with Crippen LogP contribution in [0.25, 0.3) is 11.4 Å². The standard InChI is InChI=1S/C20H24ClN3O2/c1-14-11-18(25)24(20(22-14)15-7-6-8-16(21)12-15)13-19(26)23(2)17-9-4-3-5-10-17/h6-8,11-12,17H,3-5,9-10,13H2,1-2H3. The highest BCUT2D eigenvalue weighted by atomic mass is 35.5. The molecule has 1 heterocycles. The molecule has 0 spiro atoms. The Balaban J connectivity index is 1.91. The number of amides is 1. The zero-order valence-electron chi connectivity index (χ0n) is 15.2. The summed E-state index contributed by atoms with van der Waals surface area (Å²) in [5.74, 6) is 0.413. The molecule has 1 fully saturated rings. The molecule has 26 heavy (non-hydrogen) atoms. The van der Waals surface area contributed by atoms with E-state index in [0.717, 1.165) is 31.2 Å². The molecule has 5 nitrogen and oxygen atoms in total. The van der Waals surface area contributed by atoms with Crippen LogP contribution in [0.1, 0.15) is 37.8 Å². The van der Waals surface area contributed by atoms with Crippen molar-refractivity contribution in [2.75, 3.05) is 7.05 Å². The van der Waals surface area contributed by atoms with Crippen molar-refractivity contribution >= 4 is 17.5 Å². The summed E-state index contributed by atoms with van der Waals surface area (Å²) in [6, 6.07) is 8.91. The second kappa shape index (κ2) is 8.04. The van der Waals surface area contributed by atoms with Gasteiger partial charge in [0.15, 0.2) is 0 Å². The van der Waals surface area contributed by atoms with Gasteiger partial charge < -0.3 is 4.90 Å². The number of nitrogens with zero attached hydrogens (tertiary/aromatic N) is 3. The van der Waals surface area contributed by atoms with Gasteiger partial charge in [0.2, 0.25) is 5.91 Å². The van der Waals surface area contributed by atoms with E-state index in [-0.39, 0.29) is 24.1 Å². The zero-order valence-corrected chi connectivity index (χ0v) is 16.0. The molecule has 1 amide bonds. The lowest BCUT2D eigenvalue weighted by atomic mass is 9.94. The monoisotopic (exact) mass is 373 g/mol. The zero-order chi connectivity index (χ0) is 18.7. The first-order valence-corrected chi connectivity index (χ1v) is 9.43. The topological polar surface area (TPSA) is 55.2 Å². The minimum Gasteiger partial charge on any atom is -0.341 e. The van der Waals surface area contributed by atoms with E-state index in [9.17, 15) is 9.59 Å². The third-order valence-corrected chi connectivity index (χ3v) is 5.26. The number of hydrogen-bond donors (Lipinski definition) is 0. The fourth-order valence-electron chi connectivity index (χ4n) is 3.54. The normalized spacial score (nSPS) is 15.0. The molecular weight excluding hydrogens is 350 g/mol. The van der Waals surface area contributed by atoms with E-state index in [4.69, 9.17) is 11.6 Å². The quantitative estimate of drug-likeness (QED) is 0.821. The number of aryl methyl sites for hydroxylation is 1. The van der Waals surface area contributed by atoms with Crippen molar-refractivity contribution in [3.05, 3.63) is 51.4 Å². The summed E-state index contributed by atoms with van der Waals surface area (Å²) in [5, 5.41) is 0.565. The van der Waals surface area contributed by atoms with Gasteiger partial charge in [-0.25, -0.2) is 4.98 Å². The molecule has 0 radical (unpaired) electrons. The van der Waals surface area contributed by atoms with Gasteiger partial charge in [0.1, 0.15) is 12.4 Å². The molecule has 138 valence electrons. The summed E-state index contributed by atoms with van der Waals surface area (Å²) < 4.78 is 1.44. The van der Waals surface area contributed by atoms with Gasteiger partial charge in [0.05, 0.1) is 0 Å². The number of carbonyl (C=O) groups excluding carboxylic acids is 1. The van der Waals surface area contributed by atoms with Crippen LogP contribution >= 0.6 is 11.6 Å². The molecule has 1 aromatic heterocycles. The predicted octanol–water partition coefficient (Wildman–Crippen LogP) is 3.66. The minimum atomic E-state index is -0.224. The van der Waals surface area contributed by atoms with Gasteiger partial charge in [-0.2, -0.15) is 0 Å². The van der Waals surface area contributed by atoms with Gasteiger partial charge in [-0.3, -0.25) is 14.2 Å². The van der Waals surface area contributed by atoms with E-state index in [1.54, 1.807) is 24.0 Å². The lowest BCUT2D eigenvalue weighted by molar-refractivity contribution is -0.133. The molecule has 1 saturated carbocycles. The smallest absolute Gasteiger partial charge is 0.254 e. The van der Waals surface area contributed by atoms with Crippen LogP contribution in [0.2, 0.25) is 5.02 Å². The van der Waals surface area contributed by atoms with Crippen molar-refractivity contribution in [2.45, 2.75) is 51.6 Å². The molecule has 0 unspecified atom stereocenters. The van der Waals surface area contributed by atoms with E-state index in [0.29, 0.717) is 16.5 Å². The lowest BCUT2D eigenvalue weighted by Crippen LogP contribution is -2.41. The molecule has 1 aliphatic carbocycles. The first kappa shape index (κ1) is 18.6. The van der Waals surface area contributed by atoms with Gasteiger partial charge >= 0.3 is 0 Å². The van der Waals surface area contributed by atoms with Crippen LogP contribution in [0.5, 0.6) is 0 Å². The third-order valence-electron chi connectivity index (χ3n) is 5.03. The summed E-state index contributed by atoms with van der Waals surface area (Å²) in [4.78, 5) is 31.7. The summed E-state index contributed by atoms with van der Waals surface area (Å²) in [5.41, 5.74) is 1.12. The second-order valence-electron chi connectivity index (χ2n) is 6.95. The molecule has 6 heteroatoms. The molecule has 0 saturated heterocycles. The SMILES string of the molecule is Cc1cc(=O)n(CC(=O)N(C)C2CCCCC2)c(-c2cccc(Cl)c2)n1. The van der Waals surface area contributed by atoms with E-state index in [2.05, 4.69) is 4.98 Å². The molecule has 1 aliphatic rings. The molecule has 0 N–H and O–H groups in total. The van der Waals surface area contributed by atoms with Gasteiger partial charge in [-0.05, 0) is 31.9 Å². The summed E-state index contributed by atoms with van der Waals surface area (Å²) in [7, 11) is 1.84. The third kappa shape index (κ3) is 4.15. The van der Waals surface area contributed by atoms with E-state index in [1.165, 1.54) is 17.1 Å². The Bertz CT molecular complexity index is 856. The molecule has 0 bridgehead atoms. The summed E-state index contributed by atoms with van der Waals surface area (Å²) in [6.45, 7) is 1.76. The average Bonchev–Trinajstić information content (AvgIpc) is 2.63. The molecule has 1 aromatic carbocycles. The van der Waals surface area contributed by atoms with Crippen LogP contribution < -0.4 is 5.56 Å². The van der Waals surface area contributed by atoms with Crippen LogP contribution in [0.15, 0.2) is 35.1 Å². The van der Waals surface area contributed by atoms with E-state index < -0.39 is 0 Å². The number of rotatable bonds is 4. The van der Waals surface area contributed by atoms with Crippen LogP contribution in [0.3, 0.4) is 0 Å². The summed E-state index contributed by atoms with van der Waals surface area (Å²) in [6.07, 6.45) is 5.61. The Morgan fingerprint density at radius 1 is 1.27 bits per heavy atom. The van der Waals surface area contributed by atoms with Crippen molar-refractivity contribution in [1.29, 1.82) is 0 Å². The van der Waals surface area contributed by atoms with Crippen molar-refractivity contribution < 1.29 is 4.79 Å². The van der Waals surface area contributed by atoms with Crippen molar-refractivity contribution in [3.63, 3.8) is 0 Å². The van der Waals surface area contributed by atoms with Crippen molar-refractivity contribution in [1.82, 2.24) is 14.5 Å². The highest BCUT2D eigenvalue weighted by Gasteiger charge is 2.23. The van der Waals surface area contributed by atoms with Gasteiger partial charge in [0, 0.05) is 35.4 Å². The van der Waals surface area contributed by atoms with Crippen molar-refractivity contribution in [3.8, 4) is 11.4 Å². The van der Waals surface area contributed by atoms with Gasteiger partial charge in [0.25, 0.3) is 5.56 Å². The number of carbonyl (C=O) groups is 1. The molecule has 3 rings (SSSR count). The fraction of sp³-hybridized carbons (Fsp3) is 0.450. The predicted molar refractivity (Wildman–Crippen MR) is 103 cm³/mol. The Labute approximate surface area is 158 Å². The van der Waals surface area contributed by atoms with Gasteiger partial charge in [-0.1, -0.05) is 43.0 Å². The minimum absolute atomic E-state index is 0.0129. The lowest BCUT2D eigenvalue weighted by Gasteiger charge is -2.31. The Kier molecular flexibility index (Phi) is 5.77. The van der Waals surface area contributed by atoms with Crippen LogP contribution in [0, 0.1) is 6.92 Å². The molecule has 2 aromatic rings. The fourth-order valence-corrected chi connectivity index (χ4v) is 3.73. The van der Waals surface area contributed by atoms with Crippen LogP contribution in [-0.4, -0.2) is 33.4 Å². The number of hydrogen-bond acceptors (Lipinski definition) is 3. The van der Waals surface area contributed by atoms with Crippen molar-refractivity contribution in [2.24, 2.45) is 0 Å². The Hall–Kier alpha value is -2.14. The van der Waals surface area contributed by atoms with Crippen LogP contribution in [0.4, 0.5) is 0 Å². The maximum Gasteiger partial charge on any atom is 0.254 e.